The van der Waals surface area contributed by atoms with Crippen LogP contribution < -0.4 is 5.32 Å². The quantitative estimate of drug-likeness (QED) is 0.643. The van der Waals surface area contributed by atoms with Crippen LogP contribution in [0.25, 0.3) is 0 Å². The van der Waals surface area contributed by atoms with Crippen molar-refractivity contribution in [2.45, 2.75) is 18.4 Å². The van der Waals surface area contributed by atoms with Crippen molar-refractivity contribution in [1.29, 1.82) is 0 Å². The van der Waals surface area contributed by atoms with Gasteiger partial charge in [-0.2, -0.15) is 0 Å². The summed E-state index contributed by atoms with van der Waals surface area (Å²) >= 11 is 6.02. The first-order valence-electron chi connectivity index (χ1n) is 5.24. The zero-order chi connectivity index (χ0) is 12.4. The summed E-state index contributed by atoms with van der Waals surface area (Å²) in [4.78, 5) is 22.0. The largest absolute Gasteiger partial charge is 0.349 e. The van der Waals surface area contributed by atoms with Gasteiger partial charge in [-0.05, 0) is 11.6 Å². The number of nitrogens with zero attached hydrogens (tertiary/aromatic N) is 1. The lowest BCUT2D eigenvalue weighted by Crippen LogP contribution is -2.46. The number of halogens is 1. The third-order valence-corrected chi connectivity index (χ3v) is 3.30. The molecule has 17 heavy (non-hydrogen) atoms. The van der Waals surface area contributed by atoms with E-state index in [0.29, 0.717) is 10.6 Å². The fraction of sp³-hybridized carbons (Fsp3) is 0.364. The van der Waals surface area contributed by atoms with Crippen molar-refractivity contribution in [3.8, 4) is 0 Å². The van der Waals surface area contributed by atoms with Gasteiger partial charge in [0.1, 0.15) is 0 Å². The predicted octanol–water partition coefficient (Wildman–Crippen LogP) is 1.59. The highest BCUT2D eigenvalue weighted by Crippen LogP contribution is 2.32. The van der Waals surface area contributed by atoms with E-state index < -0.39 is 12.0 Å². The van der Waals surface area contributed by atoms with E-state index in [1.165, 1.54) is 0 Å². The van der Waals surface area contributed by atoms with Crippen LogP contribution in [0.5, 0.6) is 0 Å². The Labute approximate surface area is 103 Å². The monoisotopic (exact) mass is 254 g/mol. The Balaban J connectivity index is 2.35. The van der Waals surface area contributed by atoms with Gasteiger partial charge in [0.05, 0.1) is 12.5 Å². The highest BCUT2D eigenvalue weighted by molar-refractivity contribution is 6.31. The normalized spacial score (nSPS) is 24.2. The van der Waals surface area contributed by atoms with Gasteiger partial charge in [0.2, 0.25) is 11.9 Å². The van der Waals surface area contributed by atoms with Crippen molar-refractivity contribution in [3.63, 3.8) is 0 Å². The van der Waals surface area contributed by atoms with Gasteiger partial charge in [-0.3, -0.25) is 14.9 Å². The molecule has 0 saturated carbocycles. The van der Waals surface area contributed by atoms with E-state index in [0.717, 1.165) is 0 Å². The molecule has 0 aromatic heterocycles. The zero-order valence-corrected chi connectivity index (χ0v) is 9.68. The van der Waals surface area contributed by atoms with Crippen LogP contribution >= 0.6 is 11.6 Å². The molecule has 2 rings (SSSR count). The summed E-state index contributed by atoms with van der Waals surface area (Å²) in [5.74, 6) is -0.625. The Morgan fingerprint density at radius 2 is 2.12 bits per heavy atom. The number of piperidine rings is 1. The molecule has 1 N–H and O–H groups in total. The summed E-state index contributed by atoms with van der Waals surface area (Å²) < 4.78 is 0. The molecule has 1 aromatic carbocycles. The summed E-state index contributed by atoms with van der Waals surface area (Å²) in [6.07, 6.45) is 0.107. The van der Waals surface area contributed by atoms with Crippen LogP contribution in [0, 0.1) is 10.1 Å². The standard InChI is InChI=1S/C11H11ClN2O3/c12-9-4-2-1-3-7(9)8-5-11(15)13-6-10(8)14(16)17/h1-4,8,10H,5-6H2,(H,13,15)/t8-,10+/m1/s1. The average molecular weight is 255 g/mol. The maximum Gasteiger partial charge on any atom is 0.237 e. The van der Waals surface area contributed by atoms with Crippen LogP contribution in [0.3, 0.4) is 0 Å². The Morgan fingerprint density at radius 3 is 2.76 bits per heavy atom. The van der Waals surface area contributed by atoms with Crippen LogP contribution in [-0.4, -0.2) is 23.4 Å². The van der Waals surface area contributed by atoms with E-state index in [1.54, 1.807) is 24.3 Å². The third-order valence-electron chi connectivity index (χ3n) is 2.95. The number of hydrogen-bond donors (Lipinski definition) is 1. The number of nitro groups is 1. The summed E-state index contributed by atoms with van der Waals surface area (Å²) in [6.45, 7) is 0.0573. The van der Waals surface area contributed by atoms with Crippen LogP contribution in [0.4, 0.5) is 0 Å². The van der Waals surface area contributed by atoms with E-state index in [4.69, 9.17) is 11.6 Å². The van der Waals surface area contributed by atoms with Gasteiger partial charge < -0.3 is 5.32 Å². The highest BCUT2D eigenvalue weighted by atomic mass is 35.5. The second kappa shape index (κ2) is 4.71. The van der Waals surface area contributed by atoms with E-state index in [2.05, 4.69) is 5.32 Å². The molecule has 0 aliphatic carbocycles. The second-order valence-electron chi connectivity index (χ2n) is 3.99. The Kier molecular flexibility index (Phi) is 3.28. The molecule has 1 saturated heterocycles. The zero-order valence-electron chi connectivity index (χ0n) is 8.93. The molecule has 0 spiro atoms. The molecule has 6 heteroatoms. The van der Waals surface area contributed by atoms with Crippen LogP contribution in [-0.2, 0) is 4.79 Å². The molecule has 1 aliphatic heterocycles. The van der Waals surface area contributed by atoms with Crippen LogP contribution in [0.15, 0.2) is 24.3 Å². The highest BCUT2D eigenvalue weighted by Gasteiger charge is 2.39. The van der Waals surface area contributed by atoms with Crippen molar-refractivity contribution in [1.82, 2.24) is 5.32 Å². The van der Waals surface area contributed by atoms with Crippen molar-refractivity contribution in [2.75, 3.05) is 6.54 Å². The first-order chi connectivity index (χ1) is 8.09. The number of rotatable bonds is 2. The number of carbonyl (C=O) groups excluding carboxylic acids is 1. The lowest BCUT2D eigenvalue weighted by molar-refractivity contribution is -0.525. The van der Waals surface area contributed by atoms with Crippen molar-refractivity contribution < 1.29 is 9.72 Å². The molecule has 5 nitrogen and oxygen atoms in total. The van der Waals surface area contributed by atoms with E-state index in [9.17, 15) is 14.9 Å². The first kappa shape index (κ1) is 11.9. The Morgan fingerprint density at radius 1 is 1.41 bits per heavy atom. The molecule has 0 bridgehead atoms. The molecule has 0 radical (unpaired) electrons. The van der Waals surface area contributed by atoms with Gasteiger partial charge in [-0.25, -0.2) is 0 Å². The van der Waals surface area contributed by atoms with E-state index in [-0.39, 0.29) is 23.8 Å². The predicted molar refractivity (Wildman–Crippen MR) is 62.6 cm³/mol. The maximum atomic E-state index is 11.3. The van der Waals surface area contributed by atoms with Gasteiger partial charge in [0.25, 0.3) is 0 Å². The fourth-order valence-electron chi connectivity index (χ4n) is 2.08. The molecular weight excluding hydrogens is 244 g/mol. The molecule has 1 aromatic rings. The number of benzene rings is 1. The minimum absolute atomic E-state index is 0.0573. The van der Waals surface area contributed by atoms with Gasteiger partial charge >= 0.3 is 0 Å². The second-order valence-corrected chi connectivity index (χ2v) is 4.40. The summed E-state index contributed by atoms with van der Waals surface area (Å²) in [5, 5.41) is 13.9. The minimum atomic E-state index is -0.812. The molecule has 90 valence electrons. The number of nitrogens with one attached hydrogen (secondary N) is 1. The molecule has 1 heterocycles. The number of amides is 1. The summed E-state index contributed by atoms with van der Waals surface area (Å²) in [6, 6.07) is 6.14. The minimum Gasteiger partial charge on any atom is -0.349 e. The fourth-order valence-corrected chi connectivity index (χ4v) is 2.36. The molecular formula is C11H11ClN2O3. The Hall–Kier alpha value is -1.62. The van der Waals surface area contributed by atoms with Gasteiger partial charge in [0.15, 0.2) is 0 Å². The van der Waals surface area contributed by atoms with Crippen molar-refractivity contribution in [3.05, 3.63) is 45.0 Å². The summed E-state index contributed by atoms with van der Waals surface area (Å²) in [5.41, 5.74) is 0.672. The molecule has 1 fully saturated rings. The number of hydrogen-bond acceptors (Lipinski definition) is 3. The molecule has 1 aliphatic rings. The lowest BCUT2D eigenvalue weighted by atomic mass is 9.86. The SMILES string of the molecule is O=C1C[C@H](c2ccccc2Cl)[C@@H]([N+](=O)[O-])CN1. The molecule has 1 amide bonds. The average Bonchev–Trinajstić information content (AvgIpc) is 2.29. The summed E-state index contributed by atoms with van der Waals surface area (Å²) in [7, 11) is 0. The van der Waals surface area contributed by atoms with Gasteiger partial charge in [0, 0.05) is 16.4 Å². The third kappa shape index (κ3) is 2.39. The van der Waals surface area contributed by atoms with Crippen molar-refractivity contribution in [2.24, 2.45) is 0 Å². The smallest absolute Gasteiger partial charge is 0.237 e. The van der Waals surface area contributed by atoms with Crippen LogP contribution in [0.2, 0.25) is 5.02 Å². The van der Waals surface area contributed by atoms with E-state index >= 15 is 0 Å². The number of carbonyl (C=O) groups is 1. The lowest BCUT2D eigenvalue weighted by Gasteiger charge is -2.26. The Bertz CT molecular complexity index is 464. The van der Waals surface area contributed by atoms with Crippen molar-refractivity contribution >= 4 is 17.5 Å². The van der Waals surface area contributed by atoms with E-state index in [1.807, 2.05) is 0 Å². The van der Waals surface area contributed by atoms with Gasteiger partial charge in [-0.15, -0.1) is 0 Å². The topological polar surface area (TPSA) is 72.2 Å². The van der Waals surface area contributed by atoms with Crippen LogP contribution in [0.1, 0.15) is 17.9 Å². The maximum absolute atomic E-state index is 11.3. The first-order valence-corrected chi connectivity index (χ1v) is 5.62. The van der Waals surface area contributed by atoms with Gasteiger partial charge in [-0.1, -0.05) is 29.8 Å². The molecule has 0 unspecified atom stereocenters. The molecule has 2 atom stereocenters.